The molecule has 4 saturated carbocycles. The van der Waals surface area contributed by atoms with E-state index in [4.69, 9.17) is 11.6 Å². The van der Waals surface area contributed by atoms with Crippen LogP contribution in [-0.2, 0) is 11.3 Å². The van der Waals surface area contributed by atoms with Gasteiger partial charge in [0.1, 0.15) is 5.69 Å². The van der Waals surface area contributed by atoms with Crippen LogP contribution in [0.25, 0.3) is 5.69 Å². The van der Waals surface area contributed by atoms with Crippen LogP contribution in [0.15, 0.2) is 42.1 Å². The fourth-order valence-corrected chi connectivity index (χ4v) is 12.7. The molecule has 0 radical (unpaired) electrons. The lowest BCUT2D eigenvalue weighted by molar-refractivity contribution is -0.243. The molecule has 4 N–H and O–H groups in total. The highest BCUT2D eigenvalue weighted by atomic mass is 35.5. The van der Waals surface area contributed by atoms with Gasteiger partial charge in [0.15, 0.2) is 0 Å². The summed E-state index contributed by atoms with van der Waals surface area (Å²) >= 11 is 6.20. The van der Waals surface area contributed by atoms with E-state index in [-0.39, 0.29) is 40.6 Å². The zero-order valence-electron chi connectivity index (χ0n) is 29.5. The molecule has 8 nitrogen and oxygen atoms in total. The third-order valence-corrected chi connectivity index (χ3v) is 15.8. The molecule has 0 saturated heterocycles. The summed E-state index contributed by atoms with van der Waals surface area (Å²) in [5, 5.41) is 45.5. The Morgan fingerprint density at radius 3 is 2.56 bits per heavy atom. The number of aliphatic hydroxyl groups excluding tert-OH is 3. The van der Waals surface area contributed by atoms with Crippen molar-refractivity contribution in [2.24, 2.45) is 56.7 Å². The SMILES string of the molecule is C[C@H]1[C@H](C)CC[C@]2(C(=O)NCc3cn(-c4cccc(Cl)c4)nn3)CC[C@]3(C)C(=CC[C@@H]4[C@@]5(C)C[C@@H](O)[C@H](O)[C@@](C)(CO)[C@@H]5CC[C@]43C)[C@H]12. The van der Waals surface area contributed by atoms with E-state index in [2.05, 4.69) is 56.3 Å². The maximum Gasteiger partial charge on any atom is 0.227 e. The van der Waals surface area contributed by atoms with Crippen LogP contribution in [0.2, 0.25) is 5.02 Å². The number of aliphatic hydroxyl groups is 3. The van der Waals surface area contributed by atoms with Crippen molar-refractivity contribution in [2.75, 3.05) is 6.61 Å². The highest BCUT2D eigenvalue weighted by Crippen LogP contribution is 2.75. The molecule has 1 aromatic carbocycles. The van der Waals surface area contributed by atoms with Gasteiger partial charge >= 0.3 is 0 Å². The molecule has 12 atom stereocenters. The summed E-state index contributed by atoms with van der Waals surface area (Å²) in [5.41, 5.74) is 1.50. The first kappa shape index (κ1) is 34.2. The summed E-state index contributed by atoms with van der Waals surface area (Å²) in [4.78, 5) is 14.6. The van der Waals surface area contributed by atoms with Gasteiger partial charge in [-0.25, -0.2) is 4.68 Å². The van der Waals surface area contributed by atoms with E-state index in [0.29, 0.717) is 41.4 Å². The van der Waals surface area contributed by atoms with Crippen LogP contribution in [0.3, 0.4) is 0 Å². The second kappa shape index (κ2) is 11.6. The van der Waals surface area contributed by atoms with Gasteiger partial charge in [0.05, 0.1) is 42.7 Å². The molecule has 5 aliphatic carbocycles. The third-order valence-electron chi connectivity index (χ3n) is 15.6. The lowest BCUT2D eigenvalue weighted by atomic mass is 9.33. The number of nitrogens with zero attached hydrogens (tertiary/aromatic N) is 3. The Morgan fingerprint density at radius 2 is 1.83 bits per heavy atom. The summed E-state index contributed by atoms with van der Waals surface area (Å²) in [6.07, 6.45) is 9.73. The first-order valence-electron chi connectivity index (χ1n) is 18.3. The summed E-state index contributed by atoms with van der Waals surface area (Å²) in [7, 11) is 0. The Kier molecular flexibility index (Phi) is 8.30. The quantitative estimate of drug-likeness (QED) is 0.268. The molecule has 48 heavy (non-hydrogen) atoms. The van der Waals surface area contributed by atoms with E-state index >= 15 is 0 Å². The van der Waals surface area contributed by atoms with Gasteiger partial charge in [-0.05, 0) is 115 Å². The zero-order chi connectivity index (χ0) is 34.4. The third kappa shape index (κ3) is 4.67. The van der Waals surface area contributed by atoms with Gasteiger partial charge in [-0.1, -0.05) is 76.1 Å². The lowest BCUT2D eigenvalue weighted by Crippen LogP contribution is -2.68. The molecular formula is C39H55ClN4O4. The van der Waals surface area contributed by atoms with Crippen molar-refractivity contribution < 1.29 is 20.1 Å². The number of allylic oxidation sites excluding steroid dienone is 2. The van der Waals surface area contributed by atoms with Crippen molar-refractivity contribution in [1.82, 2.24) is 20.3 Å². The molecular weight excluding hydrogens is 624 g/mol. The van der Waals surface area contributed by atoms with Crippen molar-refractivity contribution in [3.8, 4) is 5.69 Å². The van der Waals surface area contributed by atoms with Gasteiger partial charge < -0.3 is 20.6 Å². The zero-order valence-corrected chi connectivity index (χ0v) is 30.3. The summed E-state index contributed by atoms with van der Waals surface area (Å²) in [5.74, 6) is 1.63. The van der Waals surface area contributed by atoms with Gasteiger partial charge in [-0.3, -0.25) is 4.79 Å². The second-order valence-corrected chi connectivity index (χ2v) is 17.9. The van der Waals surface area contributed by atoms with E-state index in [9.17, 15) is 20.1 Å². The Morgan fingerprint density at radius 1 is 1.06 bits per heavy atom. The average Bonchev–Trinajstić information content (AvgIpc) is 3.54. The normalized spacial score (nSPS) is 45.2. The number of aromatic nitrogens is 3. The number of benzene rings is 1. The number of amides is 1. The fraction of sp³-hybridized carbons (Fsp3) is 0.718. The first-order chi connectivity index (χ1) is 22.6. The monoisotopic (exact) mass is 678 g/mol. The Labute approximate surface area is 290 Å². The van der Waals surface area contributed by atoms with E-state index in [1.165, 1.54) is 5.57 Å². The molecule has 2 aromatic rings. The van der Waals surface area contributed by atoms with Crippen LogP contribution < -0.4 is 5.32 Å². The molecule has 4 fully saturated rings. The van der Waals surface area contributed by atoms with E-state index in [1.807, 2.05) is 37.4 Å². The number of carbonyl (C=O) groups excluding carboxylic acids is 1. The molecule has 262 valence electrons. The minimum Gasteiger partial charge on any atom is -0.396 e. The Balaban J connectivity index is 1.20. The maximum atomic E-state index is 14.6. The smallest absolute Gasteiger partial charge is 0.227 e. The number of halogens is 1. The van der Waals surface area contributed by atoms with Gasteiger partial charge in [0, 0.05) is 10.4 Å². The minimum absolute atomic E-state index is 0.0252. The predicted octanol–water partition coefficient (Wildman–Crippen LogP) is 6.50. The molecule has 0 unspecified atom stereocenters. The molecule has 0 spiro atoms. The molecule has 0 aliphatic heterocycles. The molecule has 1 amide bonds. The van der Waals surface area contributed by atoms with Gasteiger partial charge in [-0.2, -0.15) is 0 Å². The average molecular weight is 679 g/mol. The van der Waals surface area contributed by atoms with Crippen molar-refractivity contribution in [3.63, 3.8) is 0 Å². The van der Waals surface area contributed by atoms with E-state index < -0.39 is 23.0 Å². The highest BCUT2D eigenvalue weighted by Gasteiger charge is 2.70. The van der Waals surface area contributed by atoms with Gasteiger partial charge in [0.25, 0.3) is 0 Å². The summed E-state index contributed by atoms with van der Waals surface area (Å²) in [6, 6.07) is 7.47. The van der Waals surface area contributed by atoms with Crippen LogP contribution >= 0.6 is 11.6 Å². The number of hydrogen-bond acceptors (Lipinski definition) is 6. The van der Waals surface area contributed by atoms with Crippen molar-refractivity contribution in [1.29, 1.82) is 0 Å². The standard InChI is InChI=1S/C39H55ClN4O4/c1-23-12-15-39(34(48)41-20-26-21-44(43-42-26)27-9-7-8-25(40)18-27)17-16-37(5)28(32(39)24(23)2)10-11-31-35(3)19-29(46)33(47)36(4,22-45)30(35)13-14-38(31,37)6/h7-10,18,21,23-24,29-33,45-47H,11-17,19-20,22H2,1-6H3,(H,41,48)/t23-,24+,29-,30-,31-,32+,33+,35+,36+,37-,38-,39+/m1/s1. The van der Waals surface area contributed by atoms with Crippen LogP contribution in [-0.4, -0.2) is 55.0 Å². The largest absolute Gasteiger partial charge is 0.396 e. The number of fused-ring (bicyclic) bond motifs is 7. The Hall–Kier alpha value is -2.26. The van der Waals surface area contributed by atoms with Crippen LogP contribution in [0.1, 0.15) is 98.6 Å². The molecule has 5 aliphatic rings. The minimum atomic E-state index is -0.921. The van der Waals surface area contributed by atoms with Crippen LogP contribution in [0.4, 0.5) is 0 Å². The topological polar surface area (TPSA) is 121 Å². The van der Waals surface area contributed by atoms with E-state index in [0.717, 1.165) is 50.6 Å². The molecule has 7 rings (SSSR count). The number of rotatable bonds is 5. The fourth-order valence-electron chi connectivity index (χ4n) is 12.5. The maximum absolute atomic E-state index is 14.6. The highest BCUT2D eigenvalue weighted by molar-refractivity contribution is 6.30. The van der Waals surface area contributed by atoms with E-state index in [1.54, 1.807) is 4.68 Å². The molecule has 0 bridgehead atoms. The first-order valence-corrected chi connectivity index (χ1v) is 18.7. The Bertz CT molecular complexity index is 1610. The van der Waals surface area contributed by atoms with Crippen LogP contribution in [0.5, 0.6) is 0 Å². The second-order valence-electron chi connectivity index (χ2n) is 17.5. The predicted molar refractivity (Wildman–Crippen MR) is 186 cm³/mol. The van der Waals surface area contributed by atoms with Gasteiger partial charge in [0.2, 0.25) is 5.91 Å². The number of carbonyl (C=O) groups is 1. The summed E-state index contributed by atoms with van der Waals surface area (Å²) in [6.45, 7) is 14.2. The van der Waals surface area contributed by atoms with Crippen molar-refractivity contribution >= 4 is 17.5 Å². The molecule has 1 aromatic heterocycles. The lowest BCUT2D eigenvalue weighted by Gasteiger charge is -2.71. The molecule has 9 heteroatoms. The van der Waals surface area contributed by atoms with Crippen LogP contribution in [0, 0.1) is 56.7 Å². The summed E-state index contributed by atoms with van der Waals surface area (Å²) < 4.78 is 1.69. The number of hydrogen-bond donors (Lipinski definition) is 4. The van der Waals surface area contributed by atoms with Gasteiger partial charge in [-0.15, -0.1) is 5.10 Å². The van der Waals surface area contributed by atoms with Crippen molar-refractivity contribution in [3.05, 3.63) is 52.8 Å². The van der Waals surface area contributed by atoms with Crippen molar-refractivity contribution in [2.45, 2.75) is 112 Å². The molecule has 1 heterocycles. The number of nitrogens with one attached hydrogen (secondary N) is 1.